The van der Waals surface area contributed by atoms with Gasteiger partial charge in [0.1, 0.15) is 0 Å². The molecule has 0 aliphatic carbocycles. The third-order valence-electron chi connectivity index (χ3n) is 2.60. The van der Waals surface area contributed by atoms with E-state index in [1.165, 1.54) is 12.8 Å². The first-order valence-corrected chi connectivity index (χ1v) is 5.77. The number of aromatic nitrogens is 2. The van der Waals surface area contributed by atoms with E-state index in [1.54, 1.807) is 12.4 Å². The molecule has 0 amide bonds. The van der Waals surface area contributed by atoms with Crippen molar-refractivity contribution >= 4 is 16.7 Å². The van der Waals surface area contributed by atoms with Gasteiger partial charge in [-0.1, -0.05) is 13.3 Å². The van der Waals surface area contributed by atoms with Crippen molar-refractivity contribution in [1.29, 1.82) is 0 Å². The number of nitrogens with zero attached hydrogens (tertiary/aromatic N) is 2. The zero-order valence-corrected chi connectivity index (χ0v) is 9.77. The number of hydrogen-bond acceptors (Lipinski definition) is 3. The monoisotopic (exact) mass is 215 g/mol. The summed E-state index contributed by atoms with van der Waals surface area (Å²) in [5.41, 5.74) is 3.00. The molecule has 1 aromatic carbocycles. The Morgan fingerprint density at radius 2 is 1.94 bits per heavy atom. The average molecular weight is 215 g/mol. The van der Waals surface area contributed by atoms with Gasteiger partial charge in [-0.15, -0.1) is 0 Å². The first-order chi connectivity index (χ1) is 7.79. The van der Waals surface area contributed by atoms with E-state index in [0.29, 0.717) is 6.04 Å². The molecule has 84 valence electrons. The fraction of sp³-hybridized carbons (Fsp3) is 0.385. The fourth-order valence-electron chi connectivity index (χ4n) is 1.84. The van der Waals surface area contributed by atoms with E-state index in [4.69, 9.17) is 0 Å². The summed E-state index contributed by atoms with van der Waals surface area (Å²) < 4.78 is 0. The van der Waals surface area contributed by atoms with Crippen molar-refractivity contribution in [3.8, 4) is 0 Å². The number of benzene rings is 1. The maximum atomic E-state index is 4.29. The Kier molecular flexibility index (Phi) is 3.34. The Labute approximate surface area is 95.9 Å². The fourth-order valence-corrected chi connectivity index (χ4v) is 1.84. The molecule has 0 spiro atoms. The molecule has 1 N–H and O–H groups in total. The molecule has 0 saturated carbocycles. The lowest BCUT2D eigenvalue weighted by Crippen LogP contribution is -2.14. The smallest absolute Gasteiger partial charge is 0.0907 e. The van der Waals surface area contributed by atoms with E-state index in [9.17, 15) is 0 Å². The normalized spacial score (nSPS) is 12.6. The molecule has 3 heteroatoms. The number of fused-ring (bicyclic) bond motifs is 1. The average Bonchev–Trinajstić information content (AvgIpc) is 2.29. The molecule has 0 fully saturated rings. The Bertz CT molecular complexity index is 467. The molecule has 1 unspecified atom stereocenters. The van der Waals surface area contributed by atoms with Crippen molar-refractivity contribution in [2.24, 2.45) is 0 Å². The third-order valence-corrected chi connectivity index (χ3v) is 2.60. The van der Waals surface area contributed by atoms with Crippen molar-refractivity contribution in [2.45, 2.75) is 32.7 Å². The van der Waals surface area contributed by atoms with Crippen LogP contribution in [0.1, 0.15) is 26.7 Å². The van der Waals surface area contributed by atoms with Gasteiger partial charge in [-0.25, -0.2) is 0 Å². The van der Waals surface area contributed by atoms with Gasteiger partial charge in [0, 0.05) is 24.1 Å². The van der Waals surface area contributed by atoms with Crippen molar-refractivity contribution < 1.29 is 0 Å². The molecule has 3 nitrogen and oxygen atoms in total. The molecule has 0 aliphatic rings. The largest absolute Gasteiger partial charge is 0.383 e. The molecular weight excluding hydrogens is 198 g/mol. The zero-order chi connectivity index (χ0) is 11.4. The number of anilines is 1. The highest BCUT2D eigenvalue weighted by Gasteiger charge is 2.02. The van der Waals surface area contributed by atoms with Crippen LogP contribution in [0.4, 0.5) is 5.69 Å². The second kappa shape index (κ2) is 4.92. The predicted octanol–water partition coefficient (Wildman–Crippen LogP) is 3.23. The van der Waals surface area contributed by atoms with Gasteiger partial charge in [0.05, 0.1) is 11.0 Å². The van der Waals surface area contributed by atoms with Gasteiger partial charge < -0.3 is 5.32 Å². The summed E-state index contributed by atoms with van der Waals surface area (Å²) in [6.45, 7) is 4.40. The highest BCUT2D eigenvalue weighted by molar-refractivity contribution is 5.78. The van der Waals surface area contributed by atoms with Gasteiger partial charge in [0.2, 0.25) is 0 Å². The first-order valence-electron chi connectivity index (χ1n) is 5.77. The molecule has 16 heavy (non-hydrogen) atoms. The Morgan fingerprint density at radius 3 is 2.69 bits per heavy atom. The summed E-state index contributed by atoms with van der Waals surface area (Å²) in [5.74, 6) is 0. The van der Waals surface area contributed by atoms with E-state index < -0.39 is 0 Å². The molecule has 2 aromatic rings. The number of nitrogens with one attached hydrogen (secondary N) is 1. The predicted molar refractivity (Wildman–Crippen MR) is 67.5 cm³/mol. The maximum Gasteiger partial charge on any atom is 0.0907 e. The number of rotatable bonds is 4. The third kappa shape index (κ3) is 2.48. The lowest BCUT2D eigenvalue weighted by Gasteiger charge is -2.14. The second-order valence-corrected chi connectivity index (χ2v) is 4.09. The lowest BCUT2D eigenvalue weighted by molar-refractivity contribution is 0.690. The standard InChI is InChI=1S/C13H17N3/c1-3-4-10(2)16-11-5-6-12-13(9-11)15-8-7-14-12/h5-10,16H,3-4H2,1-2H3. The highest BCUT2D eigenvalue weighted by atomic mass is 14.9. The summed E-state index contributed by atoms with van der Waals surface area (Å²) in [4.78, 5) is 8.54. The highest BCUT2D eigenvalue weighted by Crippen LogP contribution is 2.16. The van der Waals surface area contributed by atoms with Crippen LogP contribution in [0.5, 0.6) is 0 Å². The van der Waals surface area contributed by atoms with E-state index in [2.05, 4.69) is 41.3 Å². The van der Waals surface area contributed by atoms with Crippen LogP contribution in [0.25, 0.3) is 11.0 Å². The molecule has 0 aliphatic heterocycles. The van der Waals surface area contributed by atoms with Gasteiger partial charge in [-0.3, -0.25) is 9.97 Å². The Hall–Kier alpha value is -1.64. The van der Waals surface area contributed by atoms with E-state index >= 15 is 0 Å². The summed E-state index contributed by atoms with van der Waals surface area (Å²) in [6.07, 6.45) is 5.82. The van der Waals surface area contributed by atoms with Crippen molar-refractivity contribution in [3.63, 3.8) is 0 Å². The SMILES string of the molecule is CCCC(C)Nc1ccc2nccnc2c1. The molecule has 0 bridgehead atoms. The van der Waals surface area contributed by atoms with E-state index in [-0.39, 0.29) is 0 Å². The van der Waals surface area contributed by atoms with E-state index in [0.717, 1.165) is 16.7 Å². The molecule has 0 radical (unpaired) electrons. The van der Waals surface area contributed by atoms with Gasteiger partial charge >= 0.3 is 0 Å². The zero-order valence-electron chi connectivity index (χ0n) is 9.77. The second-order valence-electron chi connectivity index (χ2n) is 4.09. The first kappa shape index (κ1) is 10.9. The number of hydrogen-bond donors (Lipinski definition) is 1. The molecule has 0 saturated heterocycles. The lowest BCUT2D eigenvalue weighted by atomic mass is 10.2. The molecular formula is C13H17N3. The van der Waals surface area contributed by atoms with Crippen molar-refractivity contribution in [1.82, 2.24) is 9.97 Å². The summed E-state index contributed by atoms with van der Waals surface area (Å²) in [7, 11) is 0. The molecule has 1 heterocycles. The van der Waals surface area contributed by atoms with Crippen molar-refractivity contribution in [2.75, 3.05) is 5.32 Å². The Balaban J connectivity index is 2.19. The maximum absolute atomic E-state index is 4.29. The van der Waals surface area contributed by atoms with Crippen LogP contribution in [0.15, 0.2) is 30.6 Å². The molecule has 1 atom stereocenters. The van der Waals surface area contributed by atoms with E-state index in [1.807, 2.05) is 6.07 Å². The topological polar surface area (TPSA) is 37.8 Å². The summed E-state index contributed by atoms with van der Waals surface area (Å²) in [5, 5.41) is 3.47. The summed E-state index contributed by atoms with van der Waals surface area (Å²) >= 11 is 0. The van der Waals surface area contributed by atoms with Crippen LogP contribution in [0.3, 0.4) is 0 Å². The van der Waals surface area contributed by atoms with Gasteiger partial charge in [0.15, 0.2) is 0 Å². The quantitative estimate of drug-likeness (QED) is 0.850. The molecule has 2 rings (SSSR count). The van der Waals surface area contributed by atoms with Gasteiger partial charge in [0.25, 0.3) is 0 Å². The van der Waals surface area contributed by atoms with Crippen LogP contribution in [-0.4, -0.2) is 16.0 Å². The minimum absolute atomic E-state index is 0.499. The molecule has 1 aromatic heterocycles. The minimum Gasteiger partial charge on any atom is -0.383 e. The Morgan fingerprint density at radius 1 is 1.19 bits per heavy atom. The van der Waals surface area contributed by atoms with Crippen LogP contribution >= 0.6 is 0 Å². The van der Waals surface area contributed by atoms with Crippen LogP contribution in [0.2, 0.25) is 0 Å². The van der Waals surface area contributed by atoms with Crippen LogP contribution in [-0.2, 0) is 0 Å². The van der Waals surface area contributed by atoms with Gasteiger partial charge in [-0.05, 0) is 31.5 Å². The van der Waals surface area contributed by atoms with Crippen LogP contribution < -0.4 is 5.32 Å². The summed E-state index contributed by atoms with van der Waals surface area (Å²) in [6, 6.07) is 6.61. The van der Waals surface area contributed by atoms with Crippen LogP contribution in [0, 0.1) is 0 Å². The minimum atomic E-state index is 0.499. The van der Waals surface area contributed by atoms with Gasteiger partial charge in [-0.2, -0.15) is 0 Å². The van der Waals surface area contributed by atoms with Crippen molar-refractivity contribution in [3.05, 3.63) is 30.6 Å².